The number of carboxylic acids is 1. The summed E-state index contributed by atoms with van der Waals surface area (Å²) in [6.45, 7) is 0. The molecule has 0 bridgehead atoms. The third-order valence-corrected chi connectivity index (χ3v) is 2.42. The van der Waals surface area contributed by atoms with E-state index in [0.717, 1.165) is 5.01 Å². The molecular formula is C11H10N2O4. The molecule has 1 heterocycles. The zero-order valence-corrected chi connectivity index (χ0v) is 8.84. The molecule has 6 nitrogen and oxygen atoms in total. The van der Waals surface area contributed by atoms with Gasteiger partial charge >= 0.3 is 5.97 Å². The lowest BCUT2D eigenvalue weighted by Gasteiger charge is -2.27. The highest BCUT2D eigenvalue weighted by atomic mass is 16.4. The van der Waals surface area contributed by atoms with Crippen LogP contribution in [0.1, 0.15) is 23.2 Å². The predicted octanol–water partition coefficient (Wildman–Crippen LogP) is 0.543. The SMILES string of the molecule is O=C1CCC(=O)N(c2ccc(C(=O)O)cc2)N1. The van der Waals surface area contributed by atoms with Crippen molar-refractivity contribution in [1.29, 1.82) is 0 Å². The minimum Gasteiger partial charge on any atom is -0.478 e. The Morgan fingerprint density at radius 3 is 2.41 bits per heavy atom. The molecule has 1 aromatic rings. The molecule has 0 radical (unpaired) electrons. The van der Waals surface area contributed by atoms with Gasteiger partial charge in [0.1, 0.15) is 0 Å². The monoisotopic (exact) mass is 234 g/mol. The van der Waals surface area contributed by atoms with Gasteiger partial charge in [0.2, 0.25) is 11.8 Å². The molecule has 1 aliphatic heterocycles. The lowest BCUT2D eigenvalue weighted by atomic mass is 10.2. The second kappa shape index (κ2) is 4.25. The van der Waals surface area contributed by atoms with E-state index in [1.54, 1.807) is 0 Å². The summed E-state index contributed by atoms with van der Waals surface area (Å²) in [7, 11) is 0. The molecule has 2 rings (SSSR count). The largest absolute Gasteiger partial charge is 0.478 e. The van der Waals surface area contributed by atoms with E-state index in [1.165, 1.54) is 24.3 Å². The van der Waals surface area contributed by atoms with Crippen LogP contribution < -0.4 is 10.4 Å². The molecule has 0 unspecified atom stereocenters. The first-order valence-corrected chi connectivity index (χ1v) is 5.04. The lowest BCUT2D eigenvalue weighted by Crippen LogP contribution is -2.50. The molecule has 0 aliphatic carbocycles. The molecule has 1 saturated heterocycles. The van der Waals surface area contributed by atoms with Gasteiger partial charge in [0.25, 0.3) is 0 Å². The van der Waals surface area contributed by atoms with E-state index in [2.05, 4.69) is 5.43 Å². The summed E-state index contributed by atoms with van der Waals surface area (Å²) in [4.78, 5) is 33.4. The quantitative estimate of drug-likeness (QED) is 0.782. The Hall–Kier alpha value is -2.37. The fourth-order valence-corrected chi connectivity index (χ4v) is 1.54. The summed E-state index contributed by atoms with van der Waals surface area (Å²) in [5.74, 6) is -1.48. The molecule has 0 atom stereocenters. The van der Waals surface area contributed by atoms with Crippen LogP contribution in [0.3, 0.4) is 0 Å². The van der Waals surface area contributed by atoms with Crippen molar-refractivity contribution in [3.05, 3.63) is 29.8 Å². The second-order valence-corrected chi connectivity index (χ2v) is 3.62. The van der Waals surface area contributed by atoms with Crippen LogP contribution in [0.4, 0.5) is 5.69 Å². The number of nitrogens with zero attached hydrogens (tertiary/aromatic N) is 1. The summed E-state index contributed by atoms with van der Waals surface area (Å²) >= 11 is 0. The molecule has 0 spiro atoms. The van der Waals surface area contributed by atoms with E-state index < -0.39 is 5.97 Å². The summed E-state index contributed by atoms with van der Waals surface area (Å²) in [5.41, 5.74) is 3.01. The topological polar surface area (TPSA) is 86.7 Å². The third-order valence-electron chi connectivity index (χ3n) is 2.42. The minimum absolute atomic E-state index is 0.129. The van der Waals surface area contributed by atoms with Crippen LogP contribution in [0.2, 0.25) is 0 Å². The third kappa shape index (κ3) is 2.25. The molecule has 0 aromatic heterocycles. The number of hydrogen-bond acceptors (Lipinski definition) is 3. The van der Waals surface area contributed by atoms with Crippen molar-refractivity contribution >= 4 is 23.5 Å². The molecule has 1 aliphatic rings. The van der Waals surface area contributed by atoms with Crippen LogP contribution in [0.5, 0.6) is 0 Å². The lowest BCUT2D eigenvalue weighted by molar-refractivity contribution is -0.130. The van der Waals surface area contributed by atoms with E-state index in [1.807, 2.05) is 0 Å². The molecule has 2 N–H and O–H groups in total. The Morgan fingerprint density at radius 1 is 1.18 bits per heavy atom. The van der Waals surface area contributed by atoms with Crippen molar-refractivity contribution in [1.82, 2.24) is 5.43 Å². The van der Waals surface area contributed by atoms with Crippen LogP contribution in [0.15, 0.2) is 24.3 Å². The second-order valence-electron chi connectivity index (χ2n) is 3.62. The number of rotatable bonds is 2. The van der Waals surface area contributed by atoms with Crippen LogP contribution in [-0.4, -0.2) is 22.9 Å². The molecule has 17 heavy (non-hydrogen) atoms. The average molecular weight is 234 g/mol. The molecular weight excluding hydrogens is 224 g/mol. The number of carboxylic acid groups (broad SMARTS) is 1. The van der Waals surface area contributed by atoms with E-state index in [0.29, 0.717) is 5.69 Å². The maximum Gasteiger partial charge on any atom is 0.335 e. The van der Waals surface area contributed by atoms with Gasteiger partial charge in [-0.15, -0.1) is 0 Å². The normalized spacial score (nSPS) is 15.6. The summed E-state index contributed by atoms with van der Waals surface area (Å²) in [5, 5.41) is 9.87. The van der Waals surface area contributed by atoms with Crippen LogP contribution in [0.25, 0.3) is 0 Å². The predicted molar refractivity (Wildman–Crippen MR) is 58.3 cm³/mol. The number of hydrogen-bond donors (Lipinski definition) is 2. The zero-order chi connectivity index (χ0) is 12.4. The Kier molecular flexibility index (Phi) is 2.78. The molecule has 2 amide bonds. The van der Waals surface area contributed by atoms with Gasteiger partial charge in [-0.3, -0.25) is 15.0 Å². The highest BCUT2D eigenvalue weighted by Gasteiger charge is 2.24. The van der Waals surface area contributed by atoms with Crippen LogP contribution in [0, 0.1) is 0 Å². The molecule has 1 aromatic carbocycles. The number of carbonyl (C=O) groups excluding carboxylic acids is 2. The first-order valence-electron chi connectivity index (χ1n) is 5.04. The molecule has 0 saturated carbocycles. The van der Waals surface area contributed by atoms with Gasteiger partial charge in [0.05, 0.1) is 11.3 Å². The number of hydrazine groups is 1. The van der Waals surface area contributed by atoms with Gasteiger partial charge < -0.3 is 5.11 Å². The molecule has 88 valence electrons. The Bertz CT molecular complexity index is 481. The van der Waals surface area contributed by atoms with E-state index in [4.69, 9.17) is 5.11 Å². The van der Waals surface area contributed by atoms with Gasteiger partial charge in [-0.2, -0.15) is 0 Å². The molecule has 1 fully saturated rings. The number of anilines is 1. The van der Waals surface area contributed by atoms with Crippen LogP contribution in [-0.2, 0) is 9.59 Å². The average Bonchev–Trinajstić information content (AvgIpc) is 2.32. The fourth-order valence-electron chi connectivity index (χ4n) is 1.54. The highest BCUT2D eigenvalue weighted by molar-refractivity contribution is 6.01. The first-order chi connectivity index (χ1) is 8.08. The number of aromatic carboxylic acids is 1. The van der Waals surface area contributed by atoms with E-state index in [9.17, 15) is 14.4 Å². The van der Waals surface area contributed by atoms with Gasteiger partial charge in [-0.05, 0) is 24.3 Å². The fraction of sp³-hybridized carbons (Fsp3) is 0.182. The first kappa shape index (κ1) is 11.1. The van der Waals surface area contributed by atoms with Crippen molar-refractivity contribution in [2.75, 3.05) is 5.01 Å². The van der Waals surface area contributed by atoms with Crippen molar-refractivity contribution in [3.63, 3.8) is 0 Å². The van der Waals surface area contributed by atoms with Crippen LogP contribution >= 0.6 is 0 Å². The Morgan fingerprint density at radius 2 is 1.82 bits per heavy atom. The zero-order valence-electron chi connectivity index (χ0n) is 8.84. The smallest absolute Gasteiger partial charge is 0.335 e. The van der Waals surface area contributed by atoms with Crippen molar-refractivity contribution in [3.8, 4) is 0 Å². The van der Waals surface area contributed by atoms with E-state index >= 15 is 0 Å². The number of amides is 2. The van der Waals surface area contributed by atoms with Gasteiger partial charge in [0.15, 0.2) is 0 Å². The summed E-state index contributed by atoms with van der Waals surface area (Å²) in [6, 6.07) is 5.72. The molecule has 6 heteroatoms. The minimum atomic E-state index is -1.04. The van der Waals surface area contributed by atoms with Crippen molar-refractivity contribution in [2.24, 2.45) is 0 Å². The van der Waals surface area contributed by atoms with Gasteiger partial charge in [-0.25, -0.2) is 9.80 Å². The maximum absolute atomic E-state index is 11.6. The highest BCUT2D eigenvalue weighted by Crippen LogP contribution is 2.17. The Balaban J connectivity index is 2.24. The van der Waals surface area contributed by atoms with Gasteiger partial charge in [-0.1, -0.05) is 0 Å². The number of nitrogens with one attached hydrogen (secondary N) is 1. The van der Waals surface area contributed by atoms with E-state index in [-0.39, 0.29) is 30.2 Å². The van der Waals surface area contributed by atoms with Gasteiger partial charge in [0, 0.05) is 12.8 Å². The number of benzene rings is 1. The summed E-state index contributed by atoms with van der Waals surface area (Å²) in [6.07, 6.45) is 0.342. The maximum atomic E-state index is 11.6. The summed E-state index contributed by atoms with van der Waals surface area (Å²) < 4.78 is 0. The number of carbonyl (C=O) groups is 3. The Labute approximate surface area is 96.8 Å². The van der Waals surface area contributed by atoms with Crippen molar-refractivity contribution < 1.29 is 19.5 Å². The van der Waals surface area contributed by atoms with Crippen molar-refractivity contribution in [2.45, 2.75) is 12.8 Å². The standard InChI is InChI=1S/C11H10N2O4/c14-9-5-6-10(15)13(12-9)8-3-1-7(2-4-8)11(16)17/h1-4H,5-6H2,(H,12,14)(H,16,17).